The predicted molar refractivity (Wildman–Crippen MR) is 87.2 cm³/mol. The molecule has 0 aliphatic carbocycles. The number of sulfonamides is 1. The molecule has 0 unspecified atom stereocenters. The quantitative estimate of drug-likeness (QED) is 0.780. The third-order valence-corrected chi connectivity index (χ3v) is 6.54. The van der Waals surface area contributed by atoms with E-state index in [-0.39, 0.29) is 24.1 Å². The molecule has 2 aromatic rings. The summed E-state index contributed by atoms with van der Waals surface area (Å²) in [5.74, 6) is -2.25. The van der Waals surface area contributed by atoms with Gasteiger partial charge in [0.2, 0.25) is 10.0 Å². The normalized spacial score (nSPS) is 18.4. The molecule has 3 rings (SSSR count). The van der Waals surface area contributed by atoms with Crippen molar-refractivity contribution in [2.75, 3.05) is 13.2 Å². The van der Waals surface area contributed by atoms with Crippen molar-refractivity contribution in [3.63, 3.8) is 0 Å². The summed E-state index contributed by atoms with van der Waals surface area (Å²) in [6, 6.07) is 6.33. The molecule has 0 N–H and O–H groups in total. The van der Waals surface area contributed by atoms with Gasteiger partial charge in [-0.05, 0) is 42.5 Å². The molecule has 0 saturated carbocycles. The van der Waals surface area contributed by atoms with Gasteiger partial charge in [0.15, 0.2) is 11.6 Å². The average Bonchev–Trinajstić information content (AvgIpc) is 3.23. The van der Waals surface area contributed by atoms with Crippen LogP contribution < -0.4 is 0 Å². The van der Waals surface area contributed by atoms with Crippen LogP contribution in [0.2, 0.25) is 0 Å². The van der Waals surface area contributed by atoms with E-state index in [1.165, 1.54) is 15.6 Å². The number of thiophene rings is 1. The fourth-order valence-electron chi connectivity index (χ4n) is 2.63. The summed E-state index contributed by atoms with van der Waals surface area (Å²) in [6.45, 7) is 0.987. The smallest absolute Gasteiger partial charge is 0.243 e. The molecule has 8 heteroatoms. The van der Waals surface area contributed by atoms with Crippen molar-refractivity contribution in [1.82, 2.24) is 4.31 Å². The van der Waals surface area contributed by atoms with Crippen molar-refractivity contribution in [2.24, 2.45) is 0 Å². The Morgan fingerprint density at radius 3 is 2.71 bits per heavy atom. The molecule has 0 radical (unpaired) electrons. The lowest BCUT2D eigenvalue weighted by molar-refractivity contribution is 0.0927. The Hall–Kier alpha value is -1.35. The van der Waals surface area contributed by atoms with Gasteiger partial charge in [0.25, 0.3) is 0 Å². The molecule has 1 aromatic carbocycles. The number of hydrogen-bond acceptors (Lipinski definition) is 4. The van der Waals surface area contributed by atoms with E-state index in [1.807, 2.05) is 17.5 Å². The van der Waals surface area contributed by atoms with E-state index in [0.29, 0.717) is 6.61 Å². The van der Waals surface area contributed by atoms with E-state index in [4.69, 9.17) is 4.74 Å². The van der Waals surface area contributed by atoms with Crippen LogP contribution in [0, 0.1) is 11.6 Å². The summed E-state index contributed by atoms with van der Waals surface area (Å²) in [6.07, 6.45) is 1.50. The maximum Gasteiger partial charge on any atom is 0.243 e. The van der Waals surface area contributed by atoms with Crippen LogP contribution in [-0.4, -0.2) is 32.0 Å². The monoisotopic (exact) mass is 373 g/mol. The summed E-state index contributed by atoms with van der Waals surface area (Å²) in [4.78, 5) is 0.620. The highest BCUT2D eigenvalue weighted by molar-refractivity contribution is 7.89. The van der Waals surface area contributed by atoms with Gasteiger partial charge in [-0.15, -0.1) is 11.3 Å². The largest absolute Gasteiger partial charge is 0.377 e. The van der Waals surface area contributed by atoms with Gasteiger partial charge in [0.1, 0.15) is 0 Å². The van der Waals surface area contributed by atoms with Crippen molar-refractivity contribution < 1.29 is 21.9 Å². The third kappa shape index (κ3) is 3.83. The van der Waals surface area contributed by atoms with Gasteiger partial charge >= 0.3 is 0 Å². The SMILES string of the molecule is O=S(=O)(c1ccc(F)c(F)c1)N(Cc1cccs1)C[C@@H]1CCCO1. The molecule has 1 atom stereocenters. The van der Waals surface area contributed by atoms with E-state index in [0.717, 1.165) is 35.9 Å². The average molecular weight is 373 g/mol. The van der Waals surface area contributed by atoms with Crippen LogP contribution in [0.5, 0.6) is 0 Å². The highest BCUT2D eigenvalue weighted by Crippen LogP contribution is 2.24. The first-order chi connectivity index (χ1) is 11.5. The van der Waals surface area contributed by atoms with E-state index < -0.39 is 21.7 Å². The van der Waals surface area contributed by atoms with Gasteiger partial charge in [0, 0.05) is 24.6 Å². The third-order valence-electron chi connectivity index (χ3n) is 3.87. The molecule has 0 spiro atoms. The highest BCUT2D eigenvalue weighted by atomic mass is 32.2. The van der Waals surface area contributed by atoms with Crippen molar-refractivity contribution in [3.05, 3.63) is 52.2 Å². The molecule has 1 aliphatic rings. The minimum absolute atomic E-state index is 0.176. The minimum atomic E-state index is -3.95. The molecule has 1 aliphatic heterocycles. The molecule has 24 heavy (non-hydrogen) atoms. The Labute approximate surface area is 143 Å². The summed E-state index contributed by atoms with van der Waals surface area (Å²) in [5, 5.41) is 1.86. The number of nitrogens with zero attached hydrogens (tertiary/aromatic N) is 1. The zero-order valence-corrected chi connectivity index (χ0v) is 14.5. The van der Waals surface area contributed by atoms with Crippen LogP contribution in [0.1, 0.15) is 17.7 Å². The van der Waals surface area contributed by atoms with Gasteiger partial charge in [-0.2, -0.15) is 4.31 Å². The molecule has 1 aromatic heterocycles. The zero-order valence-electron chi connectivity index (χ0n) is 12.8. The lowest BCUT2D eigenvalue weighted by Crippen LogP contribution is -2.36. The maximum absolute atomic E-state index is 13.5. The van der Waals surface area contributed by atoms with Gasteiger partial charge in [-0.1, -0.05) is 6.07 Å². The van der Waals surface area contributed by atoms with E-state index in [9.17, 15) is 17.2 Å². The van der Waals surface area contributed by atoms with E-state index in [1.54, 1.807) is 0 Å². The van der Waals surface area contributed by atoms with Crippen molar-refractivity contribution in [3.8, 4) is 0 Å². The number of benzene rings is 1. The van der Waals surface area contributed by atoms with E-state index >= 15 is 0 Å². The van der Waals surface area contributed by atoms with Gasteiger partial charge in [-0.3, -0.25) is 0 Å². The molecule has 1 saturated heterocycles. The summed E-state index contributed by atoms with van der Waals surface area (Å²) < 4.78 is 59.2. The molecule has 0 amide bonds. The second-order valence-electron chi connectivity index (χ2n) is 5.59. The lowest BCUT2D eigenvalue weighted by Gasteiger charge is -2.24. The van der Waals surface area contributed by atoms with Crippen molar-refractivity contribution in [1.29, 1.82) is 0 Å². The molecule has 1 fully saturated rings. The molecule has 4 nitrogen and oxygen atoms in total. The number of halogens is 2. The van der Waals surface area contributed by atoms with Crippen LogP contribution in [0.3, 0.4) is 0 Å². The second-order valence-corrected chi connectivity index (χ2v) is 8.56. The van der Waals surface area contributed by atoms with Crippen LogP contribution in [0.25, 0.3) is 0 Å². The first-order valence-corrected chi connectivity index (χ1v) is 9.88. The zero-order chi connectivity index (χ0) is 17.2. The minimum Gasteiger partial charge on any atom is -0.377 e. The second kappa shape index (κ2) is 7.26. The molecular formula is C16H17F2NO3S2. The van der Waals surface area contributed by atoms with Crippen LogP contribution >= 0.6 is 11.3 Å². The Morgan fingerprint density at radius 2 is 2.08 bits per heavy atom. The fraction of sp³-hybridized carbons (Fsp3) is 0.375. The number of ether oxygens (including phenoxy) is 1. The van der Waals surface area contributed by atoms with Crippen molar-refractivity contribution >= 4 is 21.4 Å². The number of hydrogen-bond donors (Lipinski definition) is 0. The Bertz CT molecular complexity index is 788. The maximum atomic E-state index is 13.5. The Morgan fingerprint density at radius 1 is 1.25 bits per heavy atom. The fourth-order valence-corrected chi connectivity index (χ4v) is 4.89. The summed E-state index contributed by atoms with van der Waals surface area (Å²) in [7, 11) is -3.95. The standard InChI is InChI=1S/C16H17F2NO3S2/c17-15-6-5-14(9-16(15)18)24(20,21)19(10-12-3-1-7-22-12)11-13-4-2-8-23-13/h2,4-6,8-9,12H,1,3,7,10-11H2/t12-/m0/s1. The summed E-state index contributed by atoms with van der Waals surface area (Å²) in [5.41, 5.74) is 0. The first-order valence-electron chi connectivity index (χ1n) is 7.56. The van der Waals surface area contributed by atoms with Crippen LogP contribution in [0.4, 0.5) is 8.78 Å². The Balaban J connectivity index is 1.90. The predicted octanol–water partition coefficient (Wildman–Crippen LogP) is 3.40. The molecule has 130 valence electrons. The molecular weight excluding hydrogens is 356 g/mol. The Kier molecular flexibility index (Phi) is 5.29. The summed E-state index contributed by atoms with van der Waals surface area (Å²) >= 11 is 1.45. The van der Waals surface area contributed by atoms with Crippen molar-refractivity contribution in [2.45, 2.75) is 30.4 Å². The topological polar surface area (TPSA) is 46.6 Å². The van der Waals surface area contributed by atoms with Crippen LogP contribution in [0.15, 0.2) is 40.6 Å². The highest BCUT2D eigenvalue weighted by Gasteiger charge is 2.30. The first kappa shape index (κ1) is 17.5. The number of rotatable bonds is 6. The van der Waals surface area contributed by atoms with Gasteiger partial charge in [0.05, 0.1) is 11.0 Å². The van der Waals surface area contributed by atoms with E-state index in [2.05, 4.69) is 0 Å². The van der Waals surface area contributed by atoms with Gasteiger partial charge < -0.3 is 4.74 Å². The van der Waals surface area contributed by atoms with Gasteiger partial charge in [-0.25, -0.2) is 17.2 Å². The lowest BCUT2D eigenvalue weighted by atomic mass is 10.2. The molecule has 2 heterocycles. The molecule has 0 bridgehead atoms. The van der Waals surface area contributed by atoms with Crippen LogP contribution in [-0.2, 0) is 21.3 Å².